The quantitative estimate of drug-likeness (QED) is 0.777. The zero-order valence-electron chi connectivity index (χ0n) is 9.79. The van der Waals surface area contributed by atoms with Crippen molar-refractivity contribution in [3.05, 3.63) is 35.9 Å². The maximum absolute atomic E-state index is 3.58. The molecule has 0 aromatic heterocycles. The molecule has 1 heteroatoms. The number of hydrogen-bond acceptors (Lipinski definition) is 1. The van der Waals surface area contributed by atoms with Crippen molar-refractivity contribution in [3.8, 4) is 0 Å². The third-order valence-corrected chi connectivity index (χ3v) is 4.03. The summed E-state index contributed by atoms with van der Waals surface area (Å²) >= 11 is 0. The maximum atomic E-state index is 3.58. The molecule has 1 aliphatic rings. The van der Waals surface area contributed by atoms with Gasteiger partial charge in [-0.3, -0.25) is 0 Å². The average molecular weight is 203 g/mol. The Kier molecular flexibility index (Phi) is 3.11. The maximum Gasteiger partial charge on any atom is 0.0458 e. The van der Waals surface area contributed by atoms with Gasteiger partial charge in [-0.15, -0.1) is 0 Å². The summed E-state index contributed by atoms with van der Waals surface area (Å²) in [5.74, 6) is 0.735. The molecule has 82 valence electrons. The molecule has 2 atom stereocenters. The Hall–Kier alpha value is -0.820. The molecule has 1 N–H and O–H groups in total. The number of nitrogens with one attached hydrogen (secondary N) is 1. The van der Waals surface area contributed by atoms with Crippen molar-refractivity contribution in [3.63, 3.8) is 0 Å². The van der Waals surface area contributed by atoms with Gasteiger partial charge in [-0.05, 0) is 31.4 Å². The minimum atomic E-state index is 0.222. The van der Waals surface area contributed by atoms with E-state index in [0.717, 1.165) is 5.92 Å². The van der Waals surface area contributed by atoms with Crippen molar-refractivity contribution in [1.82, 2.24) is 5.32 Å². The van der Waals surface area contributed by atoms with Gasteiger partial charge in [0.1, 0.15) is 0 Å². The number of benzene rings is 1. The predicted molar refractivity (Wildman–Crippen MR) is 64.8 cm³/mol. The average Bonchev–Trinajstić information content (AvgIpc) is 2.31. The van der Waals surface area contributed by atoms with E-state index in [9.17, 15) is 0 Å². The molecule has 15 heavy (non-hydrogen) atoms. The van der Waals surface area contributed by atoms with E-state index in [2.05, 4.69) is 49.6 Å². The molecule has 2 rings (SSSR count). The summed E-state index contributed by atoms with van der Waals surface area (Å²) in [5.41, 5.74) is 1.68. The molecule has 0 aliphatic heterocycles. The minimum absolute atomic E-state index is 0.222. The first kappa shape index (κ1) is 10.7. The Balaban J connectivity index is 2.35. The van der Waals surface area contributed by atoms with Crippen LogP contribution < -0.4 is 5.32 Å². The molecule has 1 aromatic carbocycles. The lowest BCUT2D eigenvalue weighted by Crippen LogP contribution is -2.47. The second-order valence-electron chi connectivity index (χ2n) is 4.73. The Morgan fingerprint density at radius 1 is 1.20 bits per heavy atom. The van der Waals surface area contributed by atoms with Crippen LogP contribution in [0.4, 0.5) is 0 Å². The van der Waals surface area contributed by atoms with Gasteiger partial charge >= 0.3 is 0 Å². The van der Waals surface area contributed by atoms with Crippen LogP contribution in [0.5, 0.6) is 0 Å². The van der Waals surface area contributed by atoms with Crippen LogP contribution in [0.15, 0.2) is 30.3 Å². The Morgan fingerprint density at radius 3 is 2.53 bits per heavy atom. The first-order valence-electron chi connectivity index (χ1n) is 6.04. The highest BCUT2D eigenvalue weighted by molar-refractivity contribution is 5.26. The molecule has 1 nitrogen and oxygen atoms in total. The van der Waals surface area contributed by atoms with Crippen molar-refractivity contribution in [2.75, 3.05) is 7.05 Å². The zero-order valence-corrected chi connectivity index (χ0v) is 9.79. The van der Waals surface area contributed by atoms with E-state index in [-0.39, 0.29) is 5.54 Å². The van der Waals surface area contributed by atoms with Gasteiger partial charge in [0.15, 0.2) is 0 Å². The van der Waals surface area contributed by atoms with E-state index in [1.165, 1.54) is 31.2 Å². The topological polar surface area (TPSA) is 12.0 Å². The van der Waals surface area contributed by atoms with Gasteiger partial charge in [-0.2, -0.15) is 0 Å². The highest BCUT2D eigenvalue weighted by Gasteiger charge is 2.37. The van der Waals surface area contributed by atoms with Gasteiger partial charge in [0, 0.05) is 5.54 Å². The van der Waals surface area contributed by atoms with Crippen molar-refractivity contribution in [1.29, 1.82) is 0 Å². The van der Waals surface area contributed by atoms with Crippen LogP contribution in [0.3, 0.4) is 0 Å². The number of hydrogen-bond donors (Lipinski definition) is 1. The van der Waals surface area contributed by atoms with Crippen molar-refractivity contribution < 1.29 is 0 Å². The molecule has 1 fully saturated rings. The highest BCUT2D eigenvalue weighted by Crippen LogP contribution is 2.40. The first-order valence-corrected chi connectivity index (χ1v) is 6.04. The summed E-state index contributed by atoms with van der Waals surface area (Å²) in [6, 6.07) is 10.9. The number of rotatable bonds is 2. The predicted octanol–water partition coefficient (Wildman–Crippen LogP) is 3.31. The molecular formula is C14H21N. The molecule has 0 amide bonds. The van der Waals surface area contributed by atoms with E-state index in [4.69, 9.17) is 0 Å². The molecule has 1 aromatic rings. The van der Waals surface area contributed by atoms with Crippen molar-refractivity contribution in [2.24, 2.45) is 5.92 Å². The highest BCUT2D eigenvalue weighted by atomic mass is 15.0. The van der Waals surface area contributed by atoms with E-state index >= 15 is 0 Å². The lowest BCUT2D eigenvalue weighted by atomic mass is 9.70. The fourth-order valence-electron chi connectivity index (χ4n) is 3.03. The van der Waals surface area contributed by atoms with Crippen LogP contribution in [0.2, 0.25) is 0 Å². The Labute approximate surface area is 92.9 Å². The fraction of sp³-hybridized carbons (Fsp3) is 0.571. The summed E-state index contributed by atoms with van der Waals surface area (Å²) in [6.45, 7) is 2.38. The second-order valence-corrected chi connectivity index (χ2v) is 4.73. The van der Waals surface area contributed by atoms with Crippen LogP contribution in [-0.2, 0) is 5.54 Å². The monoisotopic (exact) mass is 203 g/mol. The zero-order chi connectivity index (χ0) is 10.7. The van der Waals surface area contributed by atoms with E-state index in [1.807, 2.05) is 0 Å². The third kappa shape index (κ3) is 1.81. The molecule has 0 spiro atoms. The molecule has 1 saturated carbocycles. The van der Waals surface area contributed by atoms with Gasteiger partial charge in [0.2, 0.25) is 0 Å². The molecular weight excluding hydrogens is 182 g/mol. The van der Waals surface area contributed by atoms with E-state index < -0.39 is 0 Å². The lowest BCUT2D eigenvalue weighted by Gasteiger charge is -2.43. The summed E-state index contributed by atoms with van der Waals surface area (Å²) in [5, 5.41) is 3.58. The molecule has 0 heterocycles. The summed E-state index contributed by atoms with van der Waals surface area (Å²) < 4.78 is 0. The van der Waals surface area contributed by atoms with Crippen LogP contribution in [0.1, 0.15) is 38.2 Å². The smallest absolute Gasteiger partial charge is 0.0458 e. The second kappa shape index (κ2) is 4.36. The van der Waals surface area contributed by atoms with E-state index in [1.54, 1.807) is 0 Å². The third-order valence-electron chi connectivity index (χ3n) is 4.03. The normalized spacial score (nSPS) is 31.5. The molecule has 0 unspecified atom stereocenters. The van der Waals surface area contributed by atoms with E-state index in [0.29, 0.717) is 0 Å². The molecule has 0 bridgehead atoms. The summed E-state index contributed by atoms with van der Waals surface area (Å²) in [4.78, 5) is 0. The van der Waals surface area contributed by atoms with Gasteiger partial charge < -0.3 is 5.32 Å². The van der Waals surface area contributed by atoms with Gasteiger partial charge in [0.05, 0.1) is 0 Å². The fourth-order valence-corrected chi connectivity index (χ4v) is 3.03. The summed E-state index contributed by atoms with van der Waals surface area (Å²) in [6.07, 6.45) is 5.35. The minimum Gasteiger partial charge on any atom is -0.310 e. The first-order chi connectivity index (χ1) is 7.29. The largest absolute Gasteiger partial charge is 0.310 e. The van der Waals surface area contributed by atoms with Gasteiger partial charge in [0.25, 0.3) is 0 Å². The van der Waals surface area contributed by atoms with Gasteiger partial charge in [-0.25, -0.2) is 0 Å². The van der Waals surface area contributed by atoms with Crippen LogP contribution >= 0.6 is 0 Å². The standard InChI is InChI=1S/C14H21N/c1-12-8-6-7-11-14(12,15-2)13-9-4-3-5-10-13/h3-5,9-10,12,15H,6-8,11H2,1-2H3/t12-,14-/m1/s1. The molecule has 0 saturated heterocycles. The van der Waals surface area contributed by atoms with Crippen LogP contribution in [0, 0.1) is 5.92 Å². The lowest BCUT2D eigenvalue weighted by molar-refractivity contribution is 0.165. The summed E-state index contributed by atoms with van der Waals surface area (Å²) in [7, 11) is 2.11. The molecule has 0 radical (unpaired) electrons. The van der Waals surface area contributed by atoms with Crippen LogP contribution in [-0.4, -0.2) is 7.05 Å². The van der Waals surface area contributed by atoms with Crippen molar-refractivity contribution >= 4 is 0 Å². The van der Waals surface area contributed by atoms with Crippen LogP contribution in [0.25, 0.3) is 0 Å². The Bertz CT molecular complexity index is 306. The Morgan fingerprint density at radius 2 is 1.93 bits per heavy atom. The molecule has 1 aliphatic carbocycles. The van der Waals surface area contributed by atoms with Crippen molar-refractivity contribution in [2.45, 2.75) is 38.1 Å². The SMILES string of the molecule is CN[C@]1(c2ccccc2)CCCC[C@H]1C. The van der Waals surface area contributed by atoms with Gasteiger partial charge in [-0.1, -0.05) is 50.1 Å².